The van der Waals surface area contributed by atoms with Crippen LogP contribution in [0.5, 0.6) is 0 Å². The van der Waals surface area contributed by atoms with E-state index in [2.05, 4.69) is 24.8 Å². The number of aromatic nitrogens is 5. The highest BCUT2D eigenvalue weighted by atomic mass is 19.4. The van der Waals surface area contributed by atoms with Crippen molar-refractivity contribution in [2.45, 2.75) is 12.4 Å². The van der Waals surface area contributed by atoms with Crippen LogP contribution in [0.3, 0.4) is 0 Å². The van der Waals surface area contributed by atoms with Gasteiger partial charge in [0, 0.05) is 31.0 Å². The van der Waals surface area contributed by atoms with Gasteiger partial charge in [-0.2, -0.15) is 18.3 Å². The molecule has 1 fully saturated rings. The number of halogens is 3. The largest absolute Gasteiger partial charge is 0.491 e. The molecule has 10 nitrogen and oxygen atoms in total. The van der Waals surface area contributed by atoms with E-state index < -0.39 is 24.3 Å². The minimum atomic E-state index is -5.28. The lowest BCUT2D eigenvalue weighted by Crippen LogP contribution is -2.46. The summed E-state index contributed by atoms with van der Waals surface area (Å²) >= 11 is 0. The van der Waals surface area contributed by atoms with Crippen LogP contribution in [0.2, 0.25) is 0 Å². The number of benzene rings is 1. The van der Waals surface area contributed by atoms with E-state index in [0.717, 1.165) is 15.9 Å². The number of nitrogens with zero attached hydrogens (tertiary/aromatic N) is 5. The number of rotatable bonds is 6. The van der Waals surface area contributed by atoms with Gasteiger partial charge in [-0.3, -0.25) is 9.78 Å². The summed E-state index contributed by atoms with van der Waals surface area (Å²) < 4.78 is 49.5. The molecule has 13 heteroatoms. The number of hydrogen-bond donors (Lipinski definition) is 1. The highest BCUT2D eigenvalue weighted by molar-refractivity contribution is 5.84. The number of esters is 1. The zero-order chi connectivity index (χ0) is 26.7. The van der Waals surface area contributed by atoms with Gasteiger partial charge in [-0.15, -0.1) is 0 Å². The van der Waals surface area contributed by atoms with Gasteiger partial charge in [0.15, 0.2) is 5.82 Å². The Labute approximate surface area is 214 Å². The van der Waals surface area contributed by atoms with Gasteiger partial charge in [0.25, 0.3) is 12.1 Å². The molecule has 0 bridgehead atoms. The van der Waals surface area contributed by atoms with E-state index in [9.17, 15) is 22.8 Å². The molecule has 4 heterocycles. The molecule has 0 aliphatic carbocycles. The summed E-state index contributed by atoms with van der Waals surface area (Å²) in [5.74, 6) is -2.81. The highest BCUT2D eigenvalue weighted by Crippen LogP contribution is 2.27. The Hall–Kier alpha value is -4.52. The van der Waals surface area contributed by atoms with Crippen molar-refractivity contribution in [3.8, 4) is 33.9 Å². The van der Waals surface area contributed by atoms with Gasteiger partial charge < -0.3 is 19.4 Å². The van der Waals surface area contributed by atoms with Crippen molar-refractivity contribution in [1.29, 1.82) is 0 Å². The fourth-order valence-electron chi connectivity index (χ4n) is 3.90. The Morgan fingerprint density at radius 3 is 2.50 bits per heavy atom. The molecular weight excluding hydrogens is 505 g/mol. The van der Waals surface area contributed by atoms with E-state index in [4.69, 9.17) is 4.74 Å². The number of imidazole rings is 1. The van der Waals surface area contributed by atoms with Gasteiger partial charge in [-0.1, -0.05) is 30.3 Å². The standard InChI is InChI=1S/C25H21F3N6O4/c26-25(27,28)24(36)38-23(22(35)33-8-10-37-11-9-33)34-15-18(13-31-34)17-6-7-29-19(12-17)21-30-14-20(32-21)16-4-2-1-3-5-16/h1-7,12-15,23H,8-11H2,(H,30,32). The third-order valence-corrected chi connectivity index (χ3v) is 5.82. The molecule has 1 aromatic carbocycles. The van der Waals surface area contributed by atoms with E-state index in [1.54, 1.807) is 24.5 Å². The molecule has 5 rings (SSSR count). The molecule has 1 unspecified atom stereocenters. The maximum absolute atomic E-state index is 13.0. The van der Waals surface area contributed by atoms with E-state index in [1.807, 2.05) is 30.3 Å². The first-order valence-corrected chi connectivity index (χ1v) is 11.6. The summed E-state index contributed by atoms with van der Waals surface area (Å²) in [4.78, 5) is 37.9. The summed E-state index contributed by atoms with van der Waals surface area (Å²) in [6.07, 6.45) is -1.28. The van der Waals surface area contributed by atoms with Gasteiger partial charge >= 0.3 is 12.1 Å². The molecule has 1 aliphatic heterocycles. The number of amides is 1. The van der Waals surface area contributed by atoms with Gasteiger partial charge in [0.05, 0.1) is 31.3 Å². The van der Waals surface area contributed by atoms with Crippen LogP contribution in [0.25, 0.3) is 33.9 Å². The van der Waals surface area contributed by atoms with Crippen molar-refractivity contribution >= 4 is 11.9 Å². The molecule has 1 N–H and O–H groups in total. The monoisotopic (exact) mass is 526 g/mol. The van der Waals surface area contributed by atoms with Crippen LogP contribution in [0.4, 0.5) is 13.2 Å². The molecule has 0 saturated carbocycles. The molecule has 3 aromatic heterocycles. The molecule has 4 aromatic rings. The lowest BCUT2D eigenvalue weighted by atomic mass is 10.1. The number of H-pyrrole nitrogens is 1. The third-order valence-electron chi connectivity index (χ3n) is 5.82. The van der Waals surface area contributed by atoms with Crippen molar-refractivity contribution in [2.75, 3.05) is 26.3 Å². The molecule has 0 spiro atoms. The first-order valence-electron chi connectivity index (χ1n) is 11.6. The van der Waals surface area contributed by atoms with Gasteiger partial charge in [-0.25, -0.2) is 14.5 Å². The number of carbonyl (C=O) groups excluding carboxylic acids is 2. The zero-order valence-corrected chi connectivity index (χ0v) is 19.8. The summed E-state index contributed by atoms with van der Waals surface area (Å²) in [5, 5.41) is 4.04. The first kappa shape index (κ1) is 25.1. The quantitative estimate of drug-likeness (QED) is 0.383. The molecule has 0 radical (unpaired) electrons. The fourth-order valence-corrected chi connectivity index (χ4v) is 3.90. The lowest BCUT2D eigenvalue weighted by Gasteiger charge is -2.30. The number of aromatic amines is 1. The smallest absolute Gasteiger partial charge is 0.423 e. The zero-order valence-electron chi connectivity index (χ0n) is 19.8. The van der Waals surface area contributed by atoms with E-state index in [0.29, 0.717) is 22.6 Å². The number of nitrogens with one attached hydrogen (secondary N) is 1. The van der Waals surface area contributed by atoms with Crippen LogP contribution >= 0.6 is 0 Å². The van der Waals surface area contributed by atoms with E-state index >= 15 is 0 Å². The number of morpholine rings is 1. The van der Waals surface area contributed by atoms with Crippen molar-refractivity contribution in [2.24, 2.45) is 0 Å². The second-order valence-electron chi connectivity index (χ2n) is 8.34. The summed E-state index contributed by atoms with van der Waals surface area (Å²) in [7, 11) is 0. The van der Waals surface area contributed by atoms with Gasteiger partial charge in [-0.05, 0) is 23.3 Å². The predicted octanol–water partition coefficient (Wildman–Crippen LogP) is 3.47. The summed E-state index contributed by atoms with van der Waals surface area (Å²) in [6.45, 7) is 0.729. The Kier molecular flexibility index (Phi) is 6.92. The topological polar surface area (TPSA) is 115 Å². The number of carbonyl (C=O) groups is 2. The van der Waals surface area contributed by atoms with Crippen LogP contribution < -0.4 is 0 Å². The SMILES string of the molecule is O=C(C(OC(=O)C(F)(F)F)n1cc(-c2ccnc(-c3ncc(-c4ccccc4)[nH]3)c2)cn1)N1CCOCC1. The second-order valence-corrected chi connectivity index (χ2v) is 8.34. The fraction of sp³-hybridized carbons (Fsp3) is 0.240. The predicted molar refractivity (Wildman–Crippen MR) is 127 cm³/mol. The minimum absolute atomic E-state index is 0.148. The van der Waals surface area contributed by atoms with Crippen LogP contribution in [0.1, 0.15) is 6.23 Å². The van der Waals surface area contributed by atoms with Crippen molar-refractivity contribution in [3.05, 3.63) is 67.3 Å². The average Bonchev–Trinajstić information content (AvgIpc) is 3.63. The van der Waals surface area contributed by atoms with E-state index in [-0.39, 0.29) is 26.3 Å². The number of ether oxygens (including phenoxy) is 2. The van der Waals surface area contributed by atoms with Crippen molar-refractivity contribution in [1.82, 2.24) is 29.6 Å². The maximum atomic E-state index is 13.0. The van der Waals surface area contributed by atoms with Crippen molar-refractivity contribution < 1.29 is 32.2 Å². The molecule has 1 saturated heterocycles. The Morgan fingerprint density at radius 2 is 1.76 bits per heavy atom. The van der Waals surface area contributed by atoms with Crippen LogP contribution in [0, 0.1) is 0 Å². The van der Waals surface area contributed by atoms with Gasteiger partial charge in [0.1, 0.15) is 5.69 Å². The van der Waals surface area contributed by atoms with Crippen molar-refractivity contribution in [3.63, 3.8) is 0 Å². The molecule has 1 aliphatic rings. The third kappa shape index (κ3) is 5.42. The molecule has 1 atom stereocenters. The van der Waals surface area contributed by atoms with Crippen LogP contribution in [0.15, 0.2) is 67.3 Å². The number of pyridine rings is 1. The molecule has 196 valence electrons. The Bertz CT molecular complexity index is 1430. The normalized spacial score (nSPS) is 14.8. The molecule has 38 heavy (non-hydrogen) atoms. The summed E-state index contributed by atoms with van der Waals surface area (Å²) in [6, 6.07) is 13.0. The lowest BCUT2D eigenvalue weighted by molar-refractivity contribution is -0.212. The number of alkyl halides is 3. The first-order chi connectivity index (χ1) is 18.3. The Balaban J connectivity index is 1.41. The summed E-state index contributed by atoms with van der Waals surface area (Å²) in [5.41, 5.74) is 3.34. The second kappa shape index (κ2) is 10.5. The van der Waals surface area contributed by atoms with Crippen LogP contribution in [-0.4, -0.2) is 74.0 Å². The number of hydrogen-bond acceptors (Lipinski definition) is 7. The maximum Gasteiger partial charge on any atom is 0.491 e. The molecule has 1 amide bonds. The molecular formula is C25H21F3N6O4. The Morgan fingerprint density at radius 1 is 1.00 bits per heavy atom. The van der Waals surface area contributed by atoms with Gasteiger partial charge in [0.2, 0.25) is 0 Å². The van der Waals surface area contributed by atoms with E-state index in [1.165, 1.54) is 17.3 Å². The minimum Gasteiger partial charge on any atom is -0.423 e. The average molecular weight is 526 g/mol. The van der Waals surface area contributed by atoms with Crippen LogP contribution in [-0.2, 0) is 19.1 Å². The highest BCUT2D eigenvalue weighted by Gasteiger charge is 2.44.